The molecule has 0 aromatic heterocycles. The second-order valence-electron chi connectivity index (χ2n) is 6.54. The van der Waals surface area contributed by atoms with E-state index in [9.17, 15) is 9.59 Å². The van der Waals surface area contributed by atoms with Crippen LogP contribution in [0.2, 0.25) is 0 Å². The van der Waals surface area contributed by atoms with Gasteiger partial charge in [-0.05, 0) is 47.5 Å². The van der Waals surface area contributed by atoms with Crippen LogP contribution in [-0.4, -0.2) is 25.3 Å². The van der Waals surface area contributed by atoms with E-state index >= 15 is 0 Å². The SMILES string of the molecule is C[C@H](NC(=O)COC(=O)c1ccc2ccccc2c1)c1ccc2c(c1)OCO2. The van der Waals surface area contributed by atoms with Crippen molar-refractivity contribution in [3.8, 4) is 11.5 Å². The van der Waals surface area contributed by atoms with Crippen LogP contribution in [0.3, 0.4) is 0 Å². The Bertz CT molecular complexity index is 1050. The normalized spacial score (nSPS) is 13.2. The van der Waals surface area contributed by atoms with Gasteiger partial charge in [0.25, 0.3) is 5.91 Å². The molecule has 0 saturated heterocycles. The van der Waals surface area contributed by atoms with E-state index in [1.807, 2.05) is 49.4 Å². The van der Waals surface area contributed by atoms with E-state index in [1.54, 1.807) is 18.2 Å². The lowest BCUT2D eigenvalue weighted by Gasteiger charge is -2.15. The van der Waals surface area contributed by atoms with Gasteiger partial charge >= 0.3 is 5.97 Å². The molecule has 1 aliphatic rings. The Morgan fingerprint density at radius 3 is 2.64 bits per heavy atom. The third kappa shape index (κ3) is 3.76. The first-order chi connectivity index (χ1) is 13.6. The van der Waals surface area contributed by atoms with Crippen LogP contribution >= 0.6 is 0 Å². The Morgan fingerprint density at radius 2 is 1.79 bits per heavy atom. The summed E-state index contributed by atoms with van der Waals surface area (Å²) in [5.41, 5.74) is 1.29. The first-order valence-corrected chi connectivity index (χ1v) is 8.95. The highest BCUT2D eigenvalue weighted by atomic mass is 16.7. The summed E-state index contributed by atoms with van der Waals surface area (Å²) in [4.78, 5) is 24.4. The number of hydrogen-bond donors (Lipinski definition) is 1. The highest BCUT2D eigenvalue weighted by Crippen LogP contribution is 2.34. The number of ether oxygens (including phenoxy) is 3. The molecule has 1 aliphatic heterocycles. The lowest BCUT2D eigenvalue weighted by atomic mass is 10.1. The Kier molecular flexibility index (Phi) is 4.85. The number of rotatable bonds is 5. The zero-order valence-corrected chi connectivity index (χ0v) is 15.3. The summed E-state index contributed by atoms with van der Waals surface area (Å²) >= 11 is 0. The highest BCUT2D eigenvalue weighted by Gasteiger charge is 2.17. The highest BCUT2D eigenvalue weighted by molar-refractivity contribution is 5.96. The zero-order valence-electron chi connectivity index (χ0n) is 15.3. The van der Waals surface area contributed by atoms with Crippen molar-refractivity contribution in [3.05, 3.63) is 71.8 Å². The number of esters is 1. The Hall–Kier alpha value is -3.54. The van der Waals surface area contributed by atoms with Crippen LogP contribution in [0.4, 0.5) is 0 Å². The van der Waals surface area contributed by atoms with Crippen molar-refractivity contribution in [2.75, 3.05) is 13.4 Å². The van der Waals surface area contributed by atoms with E-state index < -0.39 is 5.97 Å². The molecule has 1 amide bonds. The largest absolute Gasteiger partial charge is 0.454 e. The van der Waals surface area contributed by atoms with Gasteiger partial charge in [-0.1, -0.05) is 36.4 Å². The monoisotopic (exact) mass is 377 g/mol. The fourth-order valence-corrected chi connectivity index (χ4v) is 3.08. The molecule has 28 heavy (non-hydrogen) atoms. The quantitative estimate of drug-likeness (QED) is 0.688. The van der Waals surface area contributed by atoms with Gasteiger partial charge in [-0.15, -0.1) is 0 Å². The maximum absolute atomic E-state index is 12.2. The average molecular weight is 377 g/mol. The van der Waals surface area contributed by atoms with Crippen molar-refractivity contribution in [3.63, 3.8) is 0 Å². The van der Waals surface area contributed by atoms with Crippen molar-refractivity contribution in [1.82, 2.24) is 5.32 Å². The van der Waals surface area contributed by atoms with Crippen molar-refractivity contribution in [2.45, 2.75) is 13.0 Å². The molecule has 0 spiro atoms. The predicted molar refractivity (Wildman–Crippen MR) is 103 cm³/mol. The lowest BCUT2D eigenvalue weighted by molar-refractivity contribution is -0.124. The summed E-state index contributed by atoms with van der Waals surface area (Å²) in [6, 6.07) is 18.3. The smallest absolute Gasteiger partial charge is 0.338 e. The number of amides is 1. The maximum atomic E-state index is 12.2. The molecule has 0 fully saturated rings. The second kappa shape index (κ2) is 7.60. The molecular formula is C22H19NO5. The van der Waals surface area contributed by atoms with E-state index in [0.29, 0.717) is 17.1 Å². The molecule has 6 heteroatoms. The van der Waals surface area contributed by atoms with E-state index in [4.69, 9.17) is 14.2 Å². The molecule has 3 aromatic rings. The zero-order chi connectivity index (χ0) is 19.5. The maximum Gasteiger partial charge on any atom is 0.338 e. The van der Waals surface area contributed by atoms with Crippen molar-refractivity contribution in [2.24, 2.45) is 0 Å². The molecular weight excluding hydrogens is 358 g/mol. The Labute approximate surface area is 162 Å². The summed E-state index contributed by atoms with van der Waals surface area (Å²) < 4.78 is 15.8. The minimum absolute atomic E-state index is 0.199. The summed E-state index contributed by atoms with van der Waals surface area (Å²) in [7, 11) is 0. The molecule has 1 atom stereocenters. The van der Waals surface area contributed by atoms with Gasteiger partial charge in [0, 0.05) is 0 Å². The van der Waals surface area contributed by atoms with Crippen LogP contribution in [0.1, 0.15) is 28.9 Å². The number of nitrogens with one attached hydrogen (secondary N) is 1. The molecule has 1 N–H and O–H groups in total. The van der Waals surface area contributed by atoms with E-state index in [1.165, 1.54) is 0 Å². The number of hydrogen-bond acceptors (Lipinski definition) is 5. The Balaban J connectivity index is 1.33. The molecule has 0 bridgehead atoms. The second-order valence-corrected chi connectivity index (χ2v) is 6.54. The summed E-state index contributed by atoms with van der Waals surface area (Å²) in [6.45, 7) is 1.70. The Morgan fingerprint density at radius 1 is 1.00 bits per heavy atom. The van der Waals surface area contributed by atoms with Crippen LogP contribution in [0, 0.1) is 0 Å². The number of carbonyl (C=O) groups excluding carboxylic acids is 2. The lowest BCUT2D eigenvalue weighted by Crippen LogP contribution is -2.31. The minimum Gasteiger partial charge on any atom is -0.454 e. The molecule has 4 rings (SSSR count). The molecule has 0 radical (unpaired) electrons. The fourth-order valence-electron chi connectivity index (χ4n) is 3.08. The van der Waals surface area contributed by atoms with Crippen molar-refractivity contribution < 1.29 is 23.8 Å². The van der Waals surface area contributed by atoms with Gasteiger partial charge in [0.05, 0.1) is 11.6 Å². The van der Waals surface area contributed by atoms with Crippen LogP contribution in [0.5, 0.6) is 11.5 Å². The van der Waals surface area contributed by atoms with Crippen LogP contribution in [0.15, 0.2) is 60.7 Å². The fraction of sp³-hybridized carbons (Fsp3) is 0.182. The summed E-state index contributed by atoms with van der Waals surface area (Å²) in [5, 5.41) is 4.79. The summed E-state index contributed by atoms with van der Waals surface area (Å²) in [6.07, 6.45) is 0. The van der Waals surface area contributed by atoms with Gasteiger partial charge in [-0.25, -0.2) is 4.79 Å². The third-order valence-electron chi connectivity index (χ3n) is 4.59. The van der Waals surface area contributed by atoms with Crippen LogP contribution in [-0.2, 0) is 9.53 Å². The summed E-state index contributed by atoms with van der Waals surface area (Å²) in [5.74, 6) is 0.434. The van der Waals surface area contributed by atoms with Gasteiger partial charge in [0.15, 0.2) is 18.1 Å². The molecule has 0 saturated carbocycles. The van der Waals surface area contributed by atoms with E-state index in [0.717, 1.165) is 16.3 Å². The first kappa shape index (κ1) is 17.9. The molecule has 0 aliphatic carbocycles. The number of benzene rings is 3. The van der Waals surface area contributed by atoms with Gasteiger partial charge < -0.3 is 19.5 Å². The molecule has 6 nitrogen and oxygen atoms in total. The van der Waals surface area contributed by atoms with Gasteiger partial charge in [-0.2, -0.15) is 0 Å². The van der Waals surface area contributed by atoms with Crippen molar-refractivity contribution in [1.29, 1.82) is 0 Å². The van der Waals surface area contributed by atoms with Gasteiger partial charge in [0.1, 0.15) is 0 Å². The first-order valence-electron chi connectivity index (χ1n) is 8.95. The van der Waals surface area contributed by atoms with Crippen LogP contribution in [0.25, 0.3) is 10.8 Å². The van der Waals surface area contributed by atoms with Crippen LogP contribution < -0.4 is 14.8 Å². The van der Waals surface area contributed by atoms with Gasteiger partial charge in [0.2, 0.25) is 6.79 Å². The standard InChI is InChI=1S/C22H19NO5/c1-14(16-8-9-19-20(11-16)28-13-27-19)23-21(24)12-26-22(25)18-7-6-15-4-2-3-5-17(15)10-18/h2-11,14H,12-13H2,1H3,(H,23,24)/t14-/m0/s1. The molecule has 1 heterocycles. The van der Waals surface area contributed by atoms with Crippen molar-refractivity contribution >= 4 is 22.6 Å². The van der Waals surface area contributed by atoms with E-state index in [-0.39, 0.29) is 25.3 Å². The topological polar surface area (TPSA) is 73.9 Å². The molecule has 142 valence electrons. The third-order valence-corrected chi connectivity index (χ3v) is 4.59. The van der Waals surface area contributed by atoms with E-state index in [2.05, 4.69) is 5.32 Å². The number of fused-ring (bicyclic) bond motifs is 2. The predicted octanol–water partition coefficient (Wildman–Crippen LogP) is 3.60. The molecule has 3 aromatic carbocycles. The average Bonchev–Trinajstić information content (AvgIpc) is 3.19. The van der Waals surface area contributed by atoms with Gasteiger partial charge in [-0.3, -0.25) is 4.79 Å². The number of carbonyl (C=O) groups is 2. The minimum atomic E-state index is -0.531. The molecule has 0 unspecified atom stereocenters.